The maximum atomic E-state index is 12.3. The molecule has 1 aromatic heterocycles. The summed E-state index contributed by atoms with van der Waals surface area (Å²) in [4.78, 5) is 29.1. The minimum absolute atomic E-state index is 0.0657. The Bertz CT molecular complexity index is 747. The first-order chi connectivity index (χ1) is 11.0. The molecule has 1 saturated heterocycles. The number of thiazole rings is 1. The molecule has 0 unspecified atom stereocenters. The summed E-state index contributed by atoms with van der Waals surface area (Å²) in [6, 6.07) is 4.96. The van der Waals surface area contributed by atoms with E-state index in [-0.39, 0.29) is 11.6 Å². The highest BCUT2D eigenvalue weighted by Gasteiger charge is 2.23. The first kappa shape index (κ1) is 16.2. The number of hydrogen-bond acceptors (Lipinski definition) is 6. The Morgan fingerprint density at radius 3 is 3.09 bits per heavy atom. The molecule has 2 heterocycles. The van der Waals surface area contributed by atoms with Crippen molar-refractivity contribution >= 4 is 44.9 Å². The standard InChI is InChI=1S/C15H17N3O3S2/c1-10-4-2-3-7-17(10)14(19)9-22-15-16-12-6-5-11(18(20)21)8-13(12)23-15/h5-6,8,10H,2-4,7,9H2,1H3/t10-/m0/s1. The van der Waals surface area contributed by atoms with Crippen LogP contribution in [0.3, 0.4) is 0 Å². The Balaban J connectivity index is 1.67. The Morgan fingerprint density at radius 2 is 2.35 bits per heavy atom. The number of carbonyl (C=O) groups is 1. The van der Waals surface area contributed by atoms with Gasteiger partial charge in [-0.2, -0.15) is 0 Å². The number of likely N-dealkylation sites (tertiary alicyclic amines) is 1. The molecular weight excluding hydrogens is 334 g/mol. The lowest BCUT2D eigenvalue weighted by molar-refractivity contribution is -0.384. The summed E-state index contributed by atoms with van der Waals surface area (Å²) in [5, 5.41) is 10.8. The Labute approximate surface area is 142 Å². The number of nitrogens with zero attached hydrogens (tertiary/aromatic N) is 3. The first-order valence-electron chi connectivity index (χ1n) is 7.52. The smallest absolute Gasteiger partial charge is 0.270 e. The molecular formula is C15H17N3O3S2. The van der Waals surface area contributed by atoms with Gasteiger partial charge in [-0.1, -0.05) is 11.8 Å². The number of amides is 1. The van der Waals surface area contributed by atoms with Gasteiger partial charge >= 0.3 is 0 Å². The van der Waals surface area contributed by atoms with Crippen LogP contribution in [0.1, 0.15) is 26.2 Å². The van der Waals surface area contributed by atoms with Crippen LogP contribution >= 0.6 is 23.1 Å². The van der Waals surface area contributed by atoms with E-state index < -0.39 is 4.92 Å². The maximum Gasteiger partial charge on any atom is 0.270 e. The average Bonchev–Trinajstić information content (AvgIpc) is 2.95. The number of aromatic nitrogens is 1. The molecule has 122 valence electrons. The van der Waals surface area contributed by atoms with Crippen molar-refractivity contribution in [3.63, 3.8) is 0 Å². The van der Waals surface area contributed by atoms with Crippen molar-refractivity contribution in [2.24, 2.45) is 0 Å². The van der Waals surface area contributed by atoms with Crippen LogP contribution in [0, 0.1) is 10.1 Å². The van der Waals surface area contributed by atoms with Crippen molar-refractivity contribution in [2.45, 2.75) is 36.6 Å². The van der Waals surface area contributed by atoms with Crippen molar-refractivity contribution in [1.29, 1.82) is 0 Å². The maximum absolute atomic E-state index is 12.3. The predicted molar refractivity (Wildman–Crippen MR) is 92.0 cm³/mol. The number of nitro groups is 1. The van der Waals surface area contributed by atoms with E-state index in [0.29, 0.717) is 11.8 Å². The topological polar surface area (TPSA) is 76.3 Å². The molecule has 0 saturated carbocycles. The second kappa shape index (κ2) is 6.84. The van der Waals surface area contributed by atoms with Crippen molar-refractivity contribution in [1.82, 2.24) is 9.88 Å². The molecule has 6 nitrogen and oxygen atoms in total. The zero-order valence-electron chi connectivity index (χ0n) is 12.7. The number of thioether (sulfide) groups is 1. The summed E-state index contributed by atoms with van der Waals surface area (Å²) in [6.45, 7) is 2.94. The van der Waals surface area contributed by atoms with Gasteiger partial charge in [-0.3, -0.25) is 14.9 Å². The van der Waals surface area contributed by atoms with E-state index >= 15 is 0 Å². The van der Waals surface area contributed by atoms with Gasteiger partial charge in [0.25, 0.3) is 5.69 Å². The second-order valence-corrected chi connectivity index (χ2v) is 7.86. The van der Waals surface area contributed by atoms with Crippen molar-refractivity contribution in [3.05, 3.63) is 28.3 Å². The third-order valence-corrected chi connectivity index (χ3v) is 6.15. The summed E-state index contributed by atoms with van der Waals surface area (Å²) >= 11 is 2.81. The van der Waals surface area contributed by atoms with E-state index in [9.17, 15) is 14.9 Å². The number of nitro benzene ring substituents is 1. The lowest BCUT2D eigenvalue weighted by atomic mass is 10.0. The van der Waals surface area contributed by atoms with Crippen LogP contribution in [0.4, 0.5) is 5.69 Å². The zero-order chi connectivity index (χ0) is 16.4. The lowest BCUT2D eigenvalue weighted by Crippen LogP contribution is -2.42. The fourth-order valence-electron chi connectivity index (χ4n) is 2.74. The van der Waals surface area contributed by atoms with Crippen LogP contribution < -0.4 is 0 Å². The summed E-state index contributed by atoms with van der Waals surface area (Å²) < 4.78 is 1.55. The Kier molecular flexibility index (Phi) is 4.82. The number of non-ortho nitro benzene ring substituents is 1. The summed E-state index contributed by atoms with van der Waals surface area (Å²) in [7, 11) is 0. The average molecular weight is 351 g/mol. The van der Waals surface area contributed by atoms with E-state index in [1.807, 2.05) is 4.90 Å². The van der Waals surface area contributed by atoms with Crippen LogP contribution in [0.5, 0.6) is 0 Å². The van der Waals surface area contributed by atoms with Crippen LogP contribution in [0.25, 0.3) is 10.2 Å². The highest BCUT2D eigenvalue weighted by atomic mass is 32.2. The van der Waals surface area contributed by atoms with Crippen LogP contribution in [-0.2, 0) is 4.79 Å². The van der Waals surface area contributed by atoms with E-state index in [1.165, 1.54) is 41.7 Å². The molecule has 1 aliphatic rings. The SMILES string of the molecule is C[C@H]1CCCCN1C(=O)CSc1nc2ccc([N+](=O)[O-])cc2s1. The van der Waals surface area contributed by atoms with Gasteiger partial charge in [0.05, 0.1) is 20.9 Å². The van der Waals surface area contributed by atoms with Crippen molar-refractivity contribution in [2.75, 3.05) is 12.3 Å². The second-order valence-electron chi connectivity index (χ2n) is 5.61. The van der Waals surface area contributed by atoms with Gasteiger partial charge in [0.1, 0.15) is 0 Å². The summed E-state index contributed by atoms with van der Waals surface area (Å²) in [5.74, 6) is 0.513. The van der Waals surface area contributed by atoms with Crippen molar-refractivity contribution < 1.29 is 9.72 Å². The van der Waals surface area contributed by atoms with Gasteiger partial charge in [-0.15, -0.1) is 11.3 Å². The third-order valence-electron chi connectivity index (χ3n) is 4.01. The van der Waals surface area contributed by atoms with Crippen LogP contribution in [0.15, 0.2) is 22.5 Å². The molecule has 1 aliphatic heterocycles. The fraction of sp³-hybridized carbons (Fsp3) is 0.467. The van der Waals surface area contributed by atoms with Gasteiger partial charge in [0, 0.05) is 24.7 Å². The number of rotatable bonds is 4. The molecule has 23 heavy (non-hydrogen) atoms. The summed E-state index contributed by atoms with van der Waals surface area (Å²) in [5.41, 5.74) is 0.804. The Morgan fingerprint density at radius 1 is 1.52 bits per heavy atom. The van der Waals surface area contributed by atoms with Crippen LogP contribution in [-0.4, -0.2) is 39.1 Å². The van der Waals surface area contributed by atoms with E-state index in [2.05, 4.69) is 11.9 Å². The molecule has 1 fully saturated rings. The highest BCUT2D eigenvalue weighted by Crippen LogP contribution is 2.32. The molecule has 0 spiro atoms. The molecule has 0 aliphatic carbocycles. The monoisotopic (exact) mass is 351 g/mol. The molecule has 8 heteroatoms. The van der Waals surface area contributed by atoms with Gasteiger partial charge in [-0.05, 0) is 32.3 Å². The molecule has 0 N–H and O–H groups in total. The highest BCUT2D eigenvalue weighted by molar-refractivity contribution is 8.01. The first-order valence-corrected chi connectivity index (χ1v) is 9.32. The van der Waals surface area contributed by atoms with Gasteiger partial charge in [0.15, 0.2) is 4.34 Å². The molecule has 3 rings (SSSR count). The number of hydrogen-bond donors (Lipinski definition) is 0. The molecule has 1 aromatic carbocycles. The van der Waals surface area contributed by atoms with E-state index in [1.54, 1.807) is 6.07 Å². The Hall–Kier alpha value is -1.67. The predicted octanol–water partition coefficient (Wildman–Crippen LogP) is 3.70. The molecule has 0 bridgehead atoms. The third kappa shape index (κ3) is 3.64. The number of fused-ring (bicyclic) bond motifs is 1. The molecule has 1 atom stereocenters. The minimum atomic E-state index is -0.409. The number of piperidine rings is 1. The molecule has 0 radical (unpaired) electrons. The normalized spacial score (nSPS) is 18.3. The van der Waals surface area contributed by atoms with E-state index in [0.717, 1.165) is 33.9 Å². The van der Waals surface area contributed by atoms with Gasteiger partial charge in [0.2, 0.25) is 5.91 Å². The number of carbonyl (C=O) groups excluding carboxylic acids is 1. The van der Waals surface area contributed by atoms with Gasteiger partial charge < -0.3 is 4.90 Å². The zero-order valence-corrected chi connectivity index (χ0v) is 14.4. The molecule has 1 amide bonds. The van der Waals surface area contributed by atoms with Crippen LogP contribution in [0.2, 0.25) is 0 Å². The summed E-state index contributed by atoms with van der Waals surface area (Å²) in [6.07, 6.45) is 3.33. The van der Waals surface area contributed by atoms with Gasteiger partial charge in [-0.25, -0.2) is 4.98 Å². The lowest BCUT2D eigenvalue weighted by Gasteiger charge is -2.33. The largest absolute Gasteiger partial charge is 0.339 e. The van der Waals surface area contributed by atoms with Crippen molar-refractivity contribution in [3.8, 4) is 0 Å². The molecule has 2 aromatic rings. The fourth-order valence-corrected chi connectivity index (χ4v) is 4.73. The quantitative estimate of drug-likeness (QED) is 0.477. The minimum Gasteiger partial charge on any atom is -0.339 e. The number of benzene rings is 1. The van der Waals surface area contributed by atoms with E-state index in [4.69, 9.17) is 0 Å².